The van der Waals surface area contributed by atoms with Crippen molar-refractivity contribution in [2.24, 2.45) is 16.3 Å². The molecule has 7 heteroatoms. The third-order valence-corrected chi connectivity index (χ3v) is 5.95. The summed E-state index contributed by atoms with van der Waals surface area (Å²) >= 11 is 0. The molecule has 0 aromatic carbocycles. The number of aromatic amines is 1. The Bertz CT molecular complexity index is 1040. The van der Waals surface area contributed by atoms with Gasteiger partial charge in [0, 0.05) is 42.3 Å². The summed E-state index contributed by atoms with van der Waals surface area (Å²) in [5.41, 5.74) is 3.30. The Balaban J connectivity index is 1.78. The number of fused-ring (bicyclic) bond motifs is 1. The molecule has 1 aliphatic carbocycles. The fraction of sp³-hybridized carbons (Fsp3) is 0.440. The van der Waals surface area contributed by atoms with Gasteiger partial charge < -0.3 is 14.5 Å². The first-order valence-electron chi connectivity index (χ1n) is 11.0. The van der Waals surface area contributed by atoms with E-state index in [-0.39, 0.29) is 24.4 Å². The maximum Gasteiger partial charge on any atom is 0.336 e. The number of Topliss-reactive ketones (excluding diaryl/α,β-unsaturated/α-hetero) is 1. The molecule has 0 saturated heterocycles. The highest BCUT2D eigenvalue weighted by Crippen LogP contribution is 2.46. The van der Waals surface area contributed by atoms with Gasteiger partial charge in [-0.05, 0) is 42.5 Å². The van der Waals surface area contributed by atoms with Crippen molar-refractivity contribution in [2.45, 2.75) is 46.1 Å². The number of ketones is 1. The first-order chi connectivity index (χ1) is 15.4. The van der Waals surface area contributed by atoms with Crippen LogP contribution in [0.25, 0.3) is 0 Å². The minimum absolute atomic E-state index is 0.0991. The Morgan fingerprint density at radius 3 is 2.72 bits per heavy atom. The molecule has 1 N–H and O–H groups in total. The van der Waals surface area contributed by atoms with Crippen molar-refractivity contribution in [3.8, 4) is 0 Å². The van der Waals surface area contributed by atoms with E-state index in [0.717, 1.165) is 17.0 Å². The number of ether oxygens (including phenoxy) is 2. The van der Waals surface area contributed by atoms with Crippen molar-refractivity contribution in [3.63, 3.8) is 0 Å². The van der Waals surface area contributed by atoms with Gasteiger partial charge in [0.1, 0.15) is 5.78 Å². The average Bonchev–Trinajstić information content (AvgIpc) is 3.26. The number of H-pyrrole nitrogens is 1. The number of nitrogens with one attached hydrogen (secondary N) is 1. The predicted molar refractivity (Wildman–Crippen MR) is 120 cm³/mol. The van der Waals surface area contributed by atoms with E-state index < -0.39 is 17.8 Å². The van der Waals surface area contributed by atoms with Crippen molar-refractivity contribution < 1.29 is 19.1 Å². The van der Waals surface area contributed by atoms with E-state index in [9.17, 15) is 9.59 Å². The number of carbonyl (C=O) groups is 2. The van der Waals surface area contributed by atoms with E-state index in [0.29, 0.717) is 30.7 Å². The summed E-state index contributed by atoms with van der Waals surface area (Å²) < 4.78 is 11.3. The number of esters is 1. The van der Waals surface area contributed by atoms with Gasteiger partial charge in [-0.1, -0.05) is 19.9 Å². The van der Waals surface area contributed by atoms with Gasteiger partial charge in [-0.25, -0.2) is 4.79 Å². The van der Waals surface area contributed by atoms with Crippen molar-refractivity contribution in [1.29, 1.82) is 0 Å². The molecule has 0 bridgehead atoms. The number of rotatable bonds is 7. The lowest BCUT2D eigenvalue weighted by molar-refractivity contribution is -0.139. The van der Waals surface area contributed by atoms with Crippen LogP contribution in [0.15, 0.2) is 59.1 Å². The molecular weight excluding hydrogens is 406 g/mol. The van der Waals surface area contributed by atoms with E-state index in [4.69, 9.17) is 14.5 Å². The summed E-state index contributed by atoms with van der Waals surface area (Å²) in [5, 5.41) is 0. The second kappa shape index (κ2) is 9.20. The minimum Gasteiger partial charge on any atom is -0.463 e. The predicted octanol–water partition coefficient (Wildman–Crippen LogP) is 3.99. The van der Waals surface area contributed by atoms with E-state index in [1.165, 1.54) is 0 Å². The van der Waals surface area contributed by atoms with Crippen molar-refractivity contribution >= 4 is 17.5 Å². The molecule has 2 unspecified atom stereocenters. The highest BCUT2D eigenvalue weighted by atomic mass is 16.5. The molecule has 1 fully saturated rings. The fourth-order valence-corrected chi connectivity index (χ4v) is 4.69. The number of hydrogen-bond acceptors (Lipinski definition) is 6. The van der Waals surface area contributed by atoms with Crippen LogP contribution in [0, 0.1) is 11.3 Å². The van der Waals surface area contributed by atoms with Crippen LogP contribution in [-0.2, 0) is 25.7 Å². The van der Waals surface area contributed by atoms with Gasteiger partial charge in [0.25, 0.3) is 0 Å². The molecule has 2 aromatic rings. The summed E-state index contributed by atoms with van der Waals surface area (Å²) in [7, 11) is 0. The Morgan fingerprint density at radius 1 is 1.19 bits per heavy atom. The zero-order valence-corrected chi connectivity index (χ0v) is 18.8. The topological polar surface area (TPSA) is 93.6 Å². The van der Waals surface area contributed by atoms with Gasteiger partial charge in [-0.2, -0.15) is 0 Å². The highest BCUT2D eigenvalue weighted by molar-refractivity contribution is 6.12. The van der Waals surface area contributed by atoms with Crippen LogP contribution in [0.3, 0.4) is 0 Å². The smallest absolute Gasteiger partial charge is 0.336 e. The van der Waals surface area contributed by atoms with E-state index in [1.807, 2.05) is 30.5 Å². The molecule has 1 aliphatic heterocycles. The lowest BCUT2D eigenvalue weighted by atomic mass is 9.63. The van der Waals surface area contributed by atoms with E-state index >= 15 is 0 Å². The fourth-order valence-electron chi connectivity index (χ4n) is 4.69. The number of nitrogens with zero attached hydrogens (tertiary/aromatic N) is 2. The average molecular weight is 436 g/mol. The summed E-state index contributed by atoms with van der Waals surface area (Å²) in [6.07, 6.45) is 6.37. The lowest BCUT2D eigenvalue weighted by Crippen LogP contribution is -2.44. The molecule has 2 aliphatic rings. The summed E-state index contributed by atoms with van der Waals surface area (Å²) in [6, 6.07) is 7.57. The number of hydrogen-bond donors (Lipinski definition) is 1. The van der Waals surface area contributed by atoms with Gasteiger partial charge in [0.15, 0.2) is 0 Å². The molecule has 2 atom stereocenters. The first-order valence-corrected chi connectivity index (χ1v) is 11.0. The summed E-state index contributed by atoms with van der Waals surface area (Å²) in [6.45, 7) is 6.67. The van der Waals surface area contributed by atoms with Crippen LogP contribution >= 0.6 is 0 Å². The number of aliphatic imine (C=N–C) groups is 1. The molecule has 2 aromatic heterocycles. The maximum absolute atomic E-state index is 13.3. The van der Waals surface area contributed by atoms with Crippen LogP contribution in [0.5, 0.6) is 0 Å². The van der Waals surface area contributed by atoms with Crippen LogP contribution in [0.2, 0.25) is 0 Å². The SMILES string of the molecule is CCOC(=O)C1=C(COCc2ccc[nH]2)N=C2CC(C)(C)CC(=O)C2C1c1cccnc1. The molecule has 32 heavy (non-hydrogen) atoms. The van der Waals surface area contributed by atoms with Crippen molar-refractivity contribution in [3.05, 3.63) is 65.4 Å². The van der Waals surface area contributed by atoms with Crippen LogP contribution in [0.4, 0.5) is 0 Å². The van der Waals surface area contributed by atoms with Crippen LogP contribution in [0.1, 0.15) is 50.8 Å². The normalized spacial score (nSPS) is 22.3. The molecule has 7 nitrogen and oxygen atoms in total. The molecule has 3 heterocycles. The Morgan fingerprint density at radius 2 is 2.03 bits per heavy atom. The summed E-state index contributed by atoms with van der Waals surface area (Å²) in [4.78, 5) is 38.7. The van der Waals surface area contributed by atoms with Gasteiger partial charge in [0.2, 0.25) is 0 Å². The molecule has 168 valence electrons. The molecule has 0 radical (unpaired) electrons. The van der Waals surface area contributed by atoms with E-state index in [1.54, 1.807) is 19.3 Å². The van der Waals surface area contributed by atoms with Gasteiger partial charge in [-0.15, -0.1) is 0 Å². The largest absolute Gasteiger partial charge is 0.463 e. The molecule has 4 rings (SSSR count). The monoisotopic (exact) mass is 435 g/mol. The standard InChI is InChI=1S/C25H29N3O4/c1-4-32-24(30)23-19(15-31-14-17-8-6-10-27-17)28-18-11-25(2,3)12-20(29)22(18)21(23)16-7-5-9-26-13-16/h5-10,13,21-22,27H,4,11-12,14-15H2,1-3H3. The number of pyridine rings is 1. The van der Waals surface area contributed by atoms with Crippen molar-refractivity contribution in [1.82, 2.24) is 9.97 Å². The quantitative estimate of drug-likeness (QED) is 0.664. The zero-order chi connectivity index (χ0) is 22.7. The van der Waals surface area contributed by atoms with Crippen molar-refractivity contribution in [2.75, 3.05) is 13.2 Å². The van der Waals surface area contributed by atoms with E-state index in [2.05, 4.69) is 23.8 Å². The van der Waals surface area contributed by atoms with Gasteiger partial charge in [0.05, 0.1) is 37.0 Å². The zero-order valence-electron chi connectivity index (χ0n) is 18.8. The minimum atomic E-state index is -0.487. The van der Waals surface area contributed by atoms with Crippen LogP contribution < -0.4 is 0 Å². The Hall–Kier alpha value is -3.06. The maximum atomic E-state index is 13.3. The van der Waals surface area contributed by atoms with Gasteiger partial charge >= 0.3 is 5.97 Å². The van der Waals surface area contributed by atoms with Gasteiger partial charge in [-0.3, -0.25) is 14.8 Å². The van der Waals surface area contributed by atoms with Crippen LogP contribution in [-0.4, -0.2) is 40.6 Å². The molecule has 1 saturated carbocycles. The summed E-state index contributed by atoms with van der Waals surface area (Å²) in [5.74, 6) is -1.33. The third kappa shape index (κ3) is 4.58. The second-order valence-electron chi connectivity index (χ2n) is 9.10. The second-order valence-corrected chi connectivity index (χ2v) is 9.10. The highest BCUT2D eigenvalue weighted by Gasteiger charge is 2.48. The molecule has 0 spiro atoms. The number of carbonyl (C=O) groups excluding carboxylic acids is 2. The Labute approximate surface area is 188 Å². The molecular formula is C25H29N3O4. The Kier molecular flexibility index (Phi) is 6.37. The third-order valence-electron chi connectivity index (χ3n) is 5.95. The number of aromatic nitrogens is 2. The lowest BCUT2D eigenvalue weighted by Gasteiger charge is -2.41. The first kappa shape index (κ1) is 22.1. The molecule has 0 amide bonds.